The van der Waals surface area contributed by atoms with E-state index < -0.39 is 0 Å². The minimum absolute atomic E-state index is 0.0804. The Morgan fingerprint density at radius 1 is 1.36 bits per heavy atom. The van der Waals surface area contributed by atoms with Crippen LogP contribution >= 0.6 is 0 Å². The molecule has 116 valence electrons. The number of ether oxygens (including phenoxy) is 1. The van der Waals surface area contributed by atoms with Crippen molar-refractivity contribution in [1.29, 1.82) is 0 Å². The zero-order valence-corrected chi connectivity index (χ0v) is 12.9. The van der Waals surface area contributed by atoms with Crippen molar-refractivity contribution in [2.75, 3.05) is 13.7 Å². The molecule has 0 saturated carbocycles. The number of methoxy groups -OCH3 is 1. The first-order valence-corrected chi connectivity index (χ1v) is 6.98. The van der Waals surface area contributed by atoms with Crippen LogP contribution in [0.4, 0.5) is 0 Å². The lowest BCUT2D eigenvalue weighted by molar-refractivity contribution is 0.0952. The molecule has 1 N–H and O–H groups in total. The Morgan fingerprint density at radius 2 is 2.14 bits per heavy atom. The van der Waals surface area contributed by atoms with Crippen molar-refractivity contribution in [1.82, 2.24) is 14.9 Å². The van der Waals surface area contributed by atoms with Gasteiger partial charge in [-0.25, -0.2) is 4.98 Å². The maximum atomic E-state index is 12.0. The molecule has 1 aromatic heterocycles. The highest BCUT2D eigenvalue weighted by atomic mass is 16.5. The fraction of sp³-hybridized carbons (Fsp3) is 0.312. The van der Waals surface area contributed by atoms with Crippen molar-refractivity contribution in [3.05, 3.63) is 57.8 Å². The molecular weight excluding hydrogens is 282 g/mol. The summed E-state index contributed by atoms with van der Waals surface area (Å²) in [5, 5.41) is 2.78. The predicted octanol–water partition coefficient (Wildman–Crippen LogP) is 1.30. The molecule has 0 aliphatic rings. The number of hydrogen-bond acceptors (Lipinski definition) is 4. The standard InChI is InChI=1S/C16H19N3O3/c1-11-12(2)18-10-19(16(11)21)8-7-17-15(20)13-5-4-6-14(9-13)22-3/h4-6,9-10H,7-8H2,1-3H3,(H,17,20). The molecule has 2 aromatic rings. The van der Waals surface area contributed by atoms with Crippen molar-refractivity contribution >= 4 is 5.91 Å². The van der Waals surface area contributed by atoms with Crippen LogP contribution in [-0.2, 0) is 6.54 Å². The van der Waals surface area contributed by atoms with Gasteiger partial charge < -0.3 is 10.1 Å². The molecule has 6 heteroatoms. The molecule has 6 nitrogen and oxygen atoms in total. The second-order valence-electron chi connectivity index (χ2n) is 4.94. The molecule has 0 aliphatic carbocycles. The second kappa shape index (κ2) is 6.89. The van der Waals surface area contributed by atoms with E-state index >= 15 is 0 Å². The molecule has 0 fully saturated rings. The van der Waals surface area contributed by atoms with Crippen LogP contribution < -0.4 is 15.6 Å². The average molecular weight is 301 g/mol. The van der Waals surface area contributed by atoms with Gasteiger partial charge >= 0.3 is 0 Å². The summed E-state index contributed by atoms with van der Waals surface area (Å²) in [5.74, 6) is 0.422. The van der Waals surface area contributed by atoms with E-state index in [0.29, 0.717) is 30.0 Å². The first-order valence-electron chi connectivity index (χ1n) is 6.98. The van der Waals surface area contributed by atoms with Crippen LogP contribution in [-0.4, -0.2) is 29.1 Å². The third-order valence-corrected chi connectivity index (χ3v) is 3.49. The lowest BCUT2D eigenvalue weighted by atomic mass is 10.2. The smallest absolute Gasteiger partial charge is 0.256 e. The Morgan fingerprint density at radius 3 is 2.86 bits per heavy atom. The summed E-state index contributed by atoms with van der Waals surface area (Å²) in [4.78, 5) is 28.2. The van der Waals surface area contributed by atoms with E-state index in [1.54, 1.807) is 45.2 Å². The van der Waals surface area contributed by atoms with Gasteiger partial charge in [0.1, 0.15) is 5.75 Å². The SMILES string of the molecule is COc1cccc(C(=O)NCCn2cnc(C)c(C)c2=O)c1. The third-order valence-electron chi connectivity index (χ3n) is 3.49. The number of rotatable bonds is 5. The summed E-state index contributed by atoms with van der Waals surface area (Å²) in [6.07, 6.45) is 1.50. The monoisotopic (exact) mass is 301 g/mol. The van der Waals surface area contributed by atoms with E-state index in [0.717, 1.165) is 5.69 Å². The van der Waals surface area contributed by atoms with Crippen LogP contribution in [0.2, 0.25) is 0 Å². The van der Waals surface area contributed by atoms with Crippen LogP contribution in [0.15, 0.2) is 35.4 Å². The lowest BCUT2D eigenvalue weighted by Gasteiger charge is -2.09. The van der Waals surface area contributed by atoms with Gasteiger partial charge in [0, 0.05) is 29.9 Å². The molecule has 0 saturated heterocycles. The fourth-order valence-electron chi connectivity index (χ4n) is 1.99. The van der Waals surface area contributed by atoms with Gasteiger partial charge in [-0.05, 0) is 32.0 Å². The van der Waals surface area contributed by atoms with Gasteiger partial charge in [0.05, 0.1) is 13.4 Å². The zero-order valence-electron chi connectivity index (χ0n) is 12.9. The van der Waals surface area contributed by atoms with E-state index in [9.17, 15) is 9.59 Å². The molecule has 0 atom stereocenters. The number of amides is 1. The van der Waals surface area contributed by atoms with E-state index in [-0.39, 0.29) is 11.5 Å². The van der Waals surface area contributed by atoms with Crippen LogP contribution in [0.25, 0.3) is 0 Å². The van der Waals surface area contributed by atoms with Gasteiger partial charge in [0.25, 0.3) is 11.5 Å². The third kappa shape index (κ3) is 3.52. The summed E-state index contributed by atoms with van der Waals surface area (Å²) in [6.45, 7) is 4.27. The van der Waals surface area contributed by atoms with Crippen molar-refractivity contribution in [2.45, 2.75) is 20.4 Å². The first kappa shape index (κ1) is 15.8. The molecular formula is C16H19N3O3. The highest BCUT2D eigenvalue weighted by molar-refractivity contribution is 5.94. The van der Waals surface area contributed by atoms with Crippen molar-refractivity contribution in [3.8, 4) is 5.75 Å². The molecule has 2 rings (SSSR count). The van der Waals surface area contributed by atoms with Gasteiger partial charge in [-0.3, -0.25) is 14.2 Å². The molecule has 0 radical (unpaired) electrons. The fourth-order valence-corrected chi connectivity index (χ4v) is 1.99. The van der Waals surface area contributed by atoms with Crippen molar-refractivity contribution in [2.24, 2.45) is 0 Å². The number of aromatic nitrogens is 2. The van der Waals surface area contributed by atoms with E-state index in [4.69, 9.17) is 4.74 Å². The average Bonchev–Trinajstić information content (AvgIpc) is 2.54. The molecule has 1 heterocycles. The maximum absolute atomic E-state index is 12.0. The van der Waals surface area contributed by atoms with Gasteiger partial charge in [-0.15, -0.1) is 0 Å². The van der Waals surface area contributed by atoms with Gasteiger partial charge in [0.2, 0.25) is 0 Å². The van der Waals surface area contributed by atoms with Crippen molar-refractivity contribution in [3.63, 3.8) is 0 Å². The largest absolute Gasteiger partial charge is 0.497 e. The molecule has 0 bridgehead atoms. The summed E-state index contributed by atoms with van der Waals surface area (Å²) in [5.41, 5.74) is 1.79. The number of carbonyl (C=O) groups excluding carboxylic acids is 1. The summed E-state index contributed by atoms with van der Waals surface area (Å²) >= 11 is 0. The number of aryl methyl sites for hydroxylation is 1. The zero-order chi connectivity index (χ0) is 16.1. The Bertz CT molecular complexity index is 738. The van der Waals surface area contributed by atoms with Crippen LogP contribution in [0.1, 0.15) is 21.6 Å². The van der Waals surface area contributed by atoms with Crippen LogP contribution in [0, 0.1) is 13.8 Å². The summed E-state index contributed by atoms with van der Waals surface area (Å²) in [7, 11) is 1.55. The van der Waals surface area contributed by atoms with Gasteiger partial charge in [-0.2, -0.15) is 0 Å². The molecule has 0 aliphatic heterocycles. The van der Waals surface area contributed by atoms with Crippen LogP contribution in [0.5, 0.6) is 5.75 Å². The van der Waals surface area contributed by atoms with Gasteiger partial charge in [0.15, 0.2) is 0 Å². The predicted molar refractivity (Wildman–Crippen MR) is 83.3 cm³/mol. The molecule has 1 amide bonds. The molecule has 22 heavy (non-hydrogen) atoms. The molecule has 0 unspecified atom stereocenters. The molecule has 0 spiro atoms. The number of nitrogens with zero attached hydrogens (tertiary/aromatic N) is 2. The minimum atomic E-state index is -0.205. The summed E-state index contributed by atoms with van der Waals surface area (Å²) < 4.78 is 6.58. The Hall–Kier alpha value is -2.63. The van der Waals surface area contributed by atoms with E-state index in [1.165, 1.54) is 10.9 Å². The van der Waals surface area contributed by atoms with Gasteiger partial charge in [-0.1, -0.05) is 6.07 Å². The number of carbonyl (C=O) groups is 1. The first-order chi connectivity index (χ1) is 10.5. The minimum Gasteiger partial charge on any atom is -0.497 e. The topological polar surface area (TPSA) is 73.2 Å². The number of benzene rings is 1. The summed E-state index contributed by atoms with van der Waals surface area (Å²) in [6, 6.07) is 6.91. The Balaban J connectivity index is 1.97. The Labute approximate surface area is 128 Å². The van der Waals surface area contributed by atoms with Crippen molar-refractivity contribution < 1.29 is 9.53 Å². The van der Waals surface area contributed by atoms with E-state index in [2.05, 4.69) is 10.3 Å². The number of hydrogen-bond donors (Lipinski definition) is 1. The Kier molecular flexibility index (Phi) is 4.93. The highest BCUT2D eigenvalue weighted by Crippen LogP contribution is 2.12. The second-order valence-corrected chi connectivity index (χ2v) is 4.94. The lowest BCUT2D eigenvalue weighted by Crippen LogP contribution is -2.32. The quantitative estimate of drug-likeness (QED) is 0.903. The van der Waals surface area contributed by atoms with Crippen LogP contribution in [0.3, 0.4) is 0 Å². The maximum Gasteiger partial charge on any atom is 0.256 e. The highest BCUT2D eigenvalue weighted by Gasteiger charge is 2.07. The normalized spacial score (nSPS) is 10.3. The van der Waals surface area contributed by atoms with E-state index in [1.807, 2.05) is 0 Å². The number of nitrogens with one attached hydrogen (secondary N) is 1. The molecule has 1 aromatic carbocycles.